The largest absolute Gasteiger partial charge is 0.418 e. The molecule has 0 fully saturated rings. The second-order valence-electron chi connectivity index (χ2n) is 6.14. The van der Waals surface area contributed by atoms with E-state index in [9.17, 15) is 5.11 Å². The number of nitrogens with one attached hydrogen (secondary N) is 1. The number of nitrogens with zero attached hydrogens (tertiary/aromatic N) is 3. The first-order valence-electron chi connectivity index (χ1n) is 8.24. The molecule has 1 aromatic heterocycles. The zero-order valence-corrected chi connectivity index (χ0v) is 15.5. The van der Waals surface area contributed by atoms with E-state index in [4.69, 9.17) is 27.0 Å². The molecule has 2 atom stereocenters. The van der Waals surface area contributed by atoms with E-state index in [-0.39, 0.29) is 5.89 Å². The van der Waals surface area contributed by atoms with Gasteiger partial charge in [0.15, 0.2) is 0 Å². The molecule has 0 aliphatic carbocycles. The molecular weight excluding hydrogens is 366 g/mol. The van der Waals surface area contributed by atoms with E-state index in [0.29, 0.717) is 33.4 Å². The minimum Gasteiger partial charge on any atom is -0.418 e. The van der Waals surface area contributed by atoms with Gasteiger partial charge in [0.1, 0.15) is 12.1 Å². The third kappa shape index (κ3) is 3.87. The molecule has 0 saturated carbocycles. The van der Waals surface area contributed by atoms with Gasteiger partial charge in [0, 0.05) is 16.9 Å². The third-order valence-electron chi connectivity index (χ3n) is 4.16. The highest BCUT2D eigenvalue weighted by molar-refractivity contribution is 6.32. The van der Waals surface area contributed by atoms with Crippen LogP contribution in [0, 0.1) is 18.3 Å². The zero-order chi connectivity index (χ0) is 19.6. The number of nitriles is 1. The number of hydrogen-bond donors (Lipinski definition) is 3. The topological polar surface area (TPSA) is 121 Å². The molecule has 0 bridgehead atoms. The van der Waals surface area contributed by atoms with Crippen molar-refractivity contribution < 1.29 is 9.52 Å². The molecule has 1 heterocycles. The minimum atomic E-state index is -0.821. The number of aliphatic hydroxyl groups excluding tert-OH is 1. The molecule has 0 spiro atoms. The van der Waals surface area contributed by atoms with Gasteiger partial charge < -0.3 is 20.6 Å². The lowest BCUT2D eigenvalue weighted by molar-refractivity contribution is 0.159. The van der Waals surface area contributed by atoms with Gasteiger partial charge in [0.2, 0.25) is 11.8 Å². The normalized spacial score (nSPS) is 13.0. The smallest absolute Gasteiger partial charge is 0.247 e. The maximum absolute atomic E-state index is 10.2. The van der Waals surface area contributed by atoms with Gasteiger partial charge in [-0.1, -0.05) is 11.6 Å². The molecule has 27 heavy (non-hydrogen) atoms. The van der Waals surface area contributed by atoms with Gasteiger partial charge in [-0.25, -0.2) is 0 Å². The fraction of sp³-hybridized carbons (Fsp3) is 0.211. The number of rotatable bonds is 5. The van der Waals surface area contributed by atoms with E-state index in [2.05, 4.69) is 15.5 Å². The molecule has 3 rings (SSSR count). The Bertz CT molecular complexity index is 992. The summed E-state index contributed by atoms with van der Waals surface area (Å²) in [5.41, 5.74) is 8.80. The van der Waals surface area contributed by atoms with Crippen LogP contribution < -0.4 is 11.1 Å². The van der Waals surface area contributed by atoms with Crippen molar-refractivity contribution in [1.82, 2.24) is 10.2 Å². The Balaban J connectivity index is 1.90. The summed E-state index contributed by atoms with van der Waals surface area (Å²) in [5.74, 6) is 0.559. The standard InChI is InChI=1S/C19H18ClN5O2/c1-10-15(8-5-13(9-21)16(10)20)23-17(11(2)26)19-25-24-18(27-19)12-3-6-14(22)7-4-12/h3-8,11,17,23,26H,22H2,1-2H3/t11-,17+/m0/s1. The van der Waals surface area contributed by atoms with Crippen molar-refractivity contribution in [2.24, 2.45) is 0 Å². The van der Waals surface area contributed by atoms with Gasteiger partial charge in [-0.05, 0) is 55.8 Å². The van der Waals surface area contributed by atoms with Crippen molar-refractivity contribution in [2.45, 2.75) is 26.0 Å². The van der Waals surface area contributed by atoms with Crippen molar-refractivity contribution in [3.63, 3.8) is 0 Å². The average molecular weight is 384 g/mol. The Labute approximate surface area is 161 Å². The molecule has 0 saturated heterocycles. The van der Waals surface area contributed by atoms with E-state index in [1.54, 1.807) is 50.2 Å². The average Bonchev–Trinajstić information content (AvgIpc) is 3.13. The van der Waals surface area contributed by atoms with E-state index in [1.165, 1.54) is 0 Å². The number of nitrogen functional groups attached to an aromatic ring is 1. The molecule has 138 valence electrons. The molecule has 0 amide bonds. The Morgan fingerprint density at radius 1 is 1.22 bits per heavy atom. The molecule has 0 radical (unpaired) electrons. The molecule has 4 N–H and O–H groups in total. The lowest BCUT2D eigenvalue weighted by Gasteiger charge is -2.21. The molecule has 8 heteroatoms. The number of aromatic nitrogens is 2. The van der Waals surface area contributed by atoms with Gasteiger partial charge in [-0.15, -0.1) is 10.2 Å². The summed E-state index contributed by atoms with van der Waals surface area (Å²) in [7, 11) is 0. The Kier molecular flexibility index (Phi) is 5.31. The lowest BCUT2D eigenvalue weighted by atomic mass is 10.1. The quantitative estimate of drug-likeness (QED) is 0.574. The molecule has 0 unspecified atom stereocenters. The van der Waals surface area contributed by atoms with E-state index < -0.39 is 12.1 Å². The first-order valence-corrected chi connectivity index (χ1v) is 8.61. The number of hydrogen-bond acceptors (Lipinski definition) is 7. The van der Waals surface area contributed by atoms with Crippen molar-refractivity contribution in [3.05, 3.63) is 58.4 Å². The Morgan fingerprint density at radius 2 is 1.93 bits per heavy atom. The molecule has 0 aliphatic heterocycles. The summed E-state index contributed by atoms with van der Waals surface area (Å²) in [6.45, 7) is 3.41. The summed E-state index contributed by atoms with van der Waals surface area (Å²) in [4.78, 5) is 0. The van der Waals surface area contributed by atoms with Crippen molar-refractivity contribution in [3.8, 4) is 17.5 Å². The first-order chi connectivity index (χ1) is 12.9. The van der Waals surface area contributed by atoms with Crippen LogP contribution in [0.5, 0.6) is 0 Å². The van der Waals surface area contributed by atoms with Crippen LogP contribution in [-0.4, -0.2) is 21.4 Å². The van der Waals surface area contributed by atoms with E-state index >= 15 is 0 Å². The number of anilines is 2. The van der Waals surface area contributed by atoms with Crippen LogP contribution in [0.3, 0.4) is 0 Å². The van der Waals surface area contributed by atoms with Crippen molar-refractivity contribution in [2.75, 3.05) is 11.1 Å². The number of aliphatic hydroxyl groups is 1. The molecule has 3 aromatic rings. The Hall–Kier alpha value is -3.08. The summed E-state index contributed by atoms with van der Waals surface area (Å²) in [5, 5.41) is 30.9. The van der Waals surface area contributed by atoms with Crippen LogP contribution in [0.4, 0.5) is 11.4 Å². The molecular formula is C19H18ClN5O2. The first kappa shape index (κ1) is 18.7. The maximum Gasteiger partial charge on any atom is 0.247 e. The predicted octanol–water partition coefficient (Wildman–Crippen LogP) is 3.69. The highest BCUT2D eigenvalue weighted by atomic mass is 35.5. The number of halogens is 1. The molecule has 0 aliphatic rings. The monoisotopic (exact) mass is 383 g/mol. The van der Waals surface area contributed by atoms with E-state index in [1.807, 2.05) is 6.07 Å². The number of benzene rings is 2. The Morgan fingerprint density at radius 3 is 2.56 bits per heavy atom. The summed E-state index contributed by atoms with van der Waals surface area (Å²) in [6, 6.07) is 11.8. The second-order valence-corrected chi connectivity index (χ2v) is 6.52. The molecule has 7 nitrogen and oxygen atoms in total. The summed E-state index contributed by atoms with van der Waals surface area (Å²) >= 11 is 6.22. The zero-order valence-electron chi connectivity index (χ0n) is 14.8. The van der Waals surface area contributed by atoms with Gasteiger partial charge >= 0.3 is 0 Å². The van der Waals surface area contributed by atoms with Crippen LogP contribution in [0.15, 0.2) is 40.8 Å². The predicted molar refractivity (Wildman–Crippen MR) is 103 cm³/mol. The number of nitrogens with two attached hydrogens (primary N) is 1. The van der Waals surface area contributed by atoms with Gasteiger partial charge in [-0.2, -0.15) is 5.26 Å². The molecule has 2 aromatic carbocycles. The summed E-state index contributed by atoms with van der Waals surface area (Å²) < 4.78 is 5.75. The van der Waals surface area contributed by atoms with Crippen molar-refractivity contribution >= 4 is 23.0 Å². The van der Waals surface area contributed by atoms with Crippen LogP contribution in [-0.2, 0) is 0 Å². The van der Waals surface area contributed by atoms with Crippen LogP contribution in [0.1, 0.15) is 30.0 Å². The van der Waals surface area contributed by atoms with Crippen molar-refractivity contribution in [1.29, 1.82) is 5.26 Å². The van der Waals surface area contributed by atoms with E-state index in [0.717, 1.165) is 5.56 Å². The van der Waals surface area contributed by atoms with Crippen LogP contribution in [0.2, 0.25) is 5.02 Å². The lowest BCUT2D eigenvalue weighted by Crippen LogP contribution is -2.23. The van der Waals surface area contributed by atoms with Crippen LogP contribution >= 0.6 is 11.6 Å². The highest BCUT2D eigenvalue weighted by Crippen LogP contribution is 2.31. The fourth-order valence-electron chi connectivity index (χ4n) is 2.59. The van der Waals surface area contributed by atoms with Gasteiger partial charge in [0.25, 0.3) is 0 Å². The van der Waals surface area contributed by atoms with Crippen LogP contribution in [0.25, 0.3) is 11.5 Å². The van der Waals surface area contributed by atoms with Gasteiger partial charge in [-0.3, -0.25) is 0 Å². The maximum atomic E-state index is 10.2. The highest BCUT2D eigenvalue weighted by Gasteiger charge is 2.25. The SMILES string of the molecule is Cc1c(N[C@@H](c2nnc(-c3ccc(N)cc3)o2)[C@H](C)O)ccc(C#N)c1Cl. The second kappa shape index (κ2) is 7.66. The summed E-state index contributed by atoms with van der Waals surface area (Å²) in [6.07, 6.45) is -0.821. The third-order valence-corrected chi connectivity index (χ3v) is 4.65. The van der Waals surface area contributed by atoms with Gasteiger partial charge in [0.05, 0.1) is 16.7 Å². The minimum absolute atomic E-state index is 0.233. The fourth-order valence-corrected chi connectivity index (χ4v) is 2.79.